The van der Waals surface area contributed by atoms with Crippen LogP contribution in [-0.2, 0) is 4.79 Å². The highest BCUT2D eigenvalue weighted by Gasteiger charge is 2.33. The van der Waals surface area contributed by atoms with Gasteiger partial charge in [0.1, 0.15) is 5.54 Å². The second-order valence-corrected chi connectivity index (χ2v) is 5.47. The molecule has 0 aromatic rings. The van der Waals surface area contributed by atoms with Crippen molar-refractivity contribution in [1.29, 1.82) is 5.26 Å². The fourth-order valence-corrected chi connectivity index (χ4v) is 1.95. The normalized spacial score (nSPS) is 12.2. The molecule has 0 aliphatic carbocycles. The highest BCUT2D eigenvalue weighted by atomic mass is 16.4. The predicted octanol–water partition coefficient (Wildman–Crippen LogP) is 2.94. The van der Waals surface area contributed by atoms with E-state index in [4.69, 9.17) is 5.26 Å². The van der Waals surface area contributed by atoms with E-state index in [-0.39, 0.29) is 5.41 Å². The van der Waals surface area contributed by atoms with Crippen LogP contribution in [-0.4, -0.2) is 23.2 Å². The number of carboxylic acids is 1. The summed E-state index contributed by atoms with van der Waals surface area (Å²) in [5.74, 6) is -0.773. The van der Waals surface area contributed by atoms with E-state index in [1.54, 1.807) is 0 Å². The third kappa shape index (κ3) is 5.05. The van der Waals surface area contributed by atoms with Crippen LogP contribution in [0.1, 0.15) is 59.8 Å². The number of carboxylic acid groups (broad SMARTS) is 1. The molecule has 104 valence electrons. The van der Waals surface area contributed by atoms with E-state index in [0.717, 1.165) is 19.3 Å². The number of aliphatic carboxylic acids is 1. The van der Waals surface area contributed by atoms with Crippen LogP contribution in [0.5, 0.6) is 0 Å². The first kappa shape index (κ1) is 16.9. The van der Waals surface area contributed by atoms with Crippen LogP contribution in [0, 0.1) is 16.7 Å². The number of rotatable bonds is 9. The van der Waals surface area contributed by atoms with Crippen LogP contribution in [0.15, 0.2) is 0 Å². The summed E-state index contributed by atoms with van der Waals surface area (Å²) in [6.07, 6.45) is 3.87. The Balaban J connectivity index is 4.04. The van der Waals surface area contributed by atoms with Gasteiger partial charge in [0.05, 0.1) is 11.5 Å². The number of nitriles is 1. The maximum atomic E-state index is 11.2. The van der Waals surface area contributed by atoms with Crippen molar-refractivity contribution in [2.24, 2.45) is 5.41 Å². The molecule has 0 saturated heterocycles. The summed E-state index contributed by atoms with van der Waals surface area (Å²) in [5, 5.41) is 21.3. The minimum Gasteiger partial charge on any atom is -0.480 e. The topological polar surface area (TPSA) is 73.1 Å². The van der Waals surface area contributed by atoms with Crippen molar-refractivity contribution in [2.45, 2.75) is 65.3 Å². The fraction of sp³-hybridized carbons (Fsp3) is 0.857. The summed E-state index contributed by atoms with van der Waals surface area (Å²) in [7, 11) is 0. The molecule has 0 spiro atoms. The molecule has 0 aliphatic rings. The molecule has 0 rings (SSSR count). The monoisotopic (exact) mass is 254 g/mol. The van der Waals surface area contributed by atoms with Gasteiger partial charge in [0.15, 0.2) is 0 Å². The van der Waals surface area contributed by atoms with Crippen LogP contribution >= 0.6 is 0 Å². The summed E-state index contributed by atoms with van der Waals surface area (Å²) in [4.78, 5) is 11.2. The molecule has 18 heavy (non-hydrogen) atoms. The van der Waals surface area contributed by atoms with E-state index in [0.29, 0.717) is 19.4 Å². The first-order valence-electron chi connectivity index (χ1n) is 6.73. The Hall–Kier alpha value is -1.08. The Morgan fingerprint density at radius 2 is 1.83 bits per heavy atom. The Morgan fingerprint density at radius 1 is 1.28 bits per heavy atom. The molecule has 0 aromatic carbocycles. The van der Waals surface area contributed by atoms with Crippen LogP contribution in [0.2, 0.25) is 0 Å². The lowest BCUT2D eigenvalue weighted by molar-refractivity contribution is -0.145. The molecule has 0 fully saturated rings. The van der Waals surface area contributed by atoms with Crippen LogP contribution in [0.3, 0.4) is 0 Å². The number of nitrogens with zero attached hydrogens (tertiary/aromatic N) is 1. The molecule has 2 N–H and O–H groups in total. The van der Waals surface area contributed by atoms with Crippen molar-refractivity contribution < 1.29 is 9.90 Å². The number of carbonyl (C=O) groups is 1. The van der Waals surface area contributed by atoms with Gasteiger partial charge in [0.25, 0.3) is 0 Å². The van der Waals surface area contributed by atoms with Crippen molar-refractivity contribution in [3.8, 4) is 6.07 Å². The molecule has 0 atom stereocenters. The zero-order valence-electron chi connectivity index (χ0n) is 12.0. The lowest BCUT2D eigenvalue weighted by Gasteiger charge is -2.28. The largest absolute Gasteiger partial charge is 0.480 e. The van der Waals surface area contributed by atoms with Crippen molar-refractivity contribution in [3.63, 3.8) is 0 Å². The molecule has 4 nitrogen and oxygen atoms in total. The van der Waals surface area contributed by atoms with Gasteiger partial charge in [-0.05, 0) is 46.1 Å². The average molecular weight is 254 g/mol. The van der Waals surface area contributed by atoms with Crippen molar-refractivity contribution in [3.05, 3.63) is 0 Å². The molecule has 0 aromatic heterocycles. The number of hydrogen-bond donors (Lipinski definition) is 2. The Labute approximate surface area is 110 Å². The molecule has 0 radical (unpaired) electrons. The molecule has 0 heterocycles. The standard InChI is InChI=1S/C14H26N2O2/c1-5-14(6-2,12(17)18)16-10-8-7-9-13(3,4)11-15/h16H,5-10H2,1-4H3,(H,17,18). The molecule has 0 saturated carbocycles. The quantitative estimate of drug-likeness (QED) is 0.620. The maximum absolute atomic E-state index is 11.2. The third-order valence-electron chi connectivity index (χ3n) is 3.61. The zero-order chi connectivity index (χ0) is 14.2. The van der Waals surface area contributed by atoms with Crippen LogP contribution < -0.4 is 5.32 Å². The second kappa shape index (κ2) is 7.38. The predicted molar refractivity (Wildman–Crippen MR) is 72.2 cm³/mol. The molecule has 0 aliphatic heterocycles. The average Bonchev–Trinajstić information content (AvgIpc) is 2.34. The third-order valence-corrected chi connectivity index (χ3v) is 3.61. The first-order valence-corrected chi connectivity index (χ1v) is 6.73. The minimum atomic E-state index is -0.787. The Morgan fingerprint density at radius 3 is 2.22 bits per heavy atom. The number of nitrogens with one attached hydrogen (secondary N) is 1. The van der Waals surface area contributed by atoms with E-state index >= 15 is 0 Å². The molecule has 0 bridgehead atoms. The van der Waals surface area contributed by atoms with E-state index in [2.05, 4.69) is 11.4 Å². The molecule has 4 heteroatoms. The summed E-state index contributed by atoms with van der Waals surface area (Å²) < 4.78 is 0. The summed E-state index contributed by atoms with van der Waals surface area (Å²) in [5.41, 5.74) is -1.07. The van der Waals surface area contributed by atoms with Crippen LogP contribution in [0.4, 0.5) is 0 Å². The van der Waals surface area contributed by atoms with Gasteiger partial charge in [-0.3, -0.25) is 4.79 Å². The zero-order valence-corrected chi connectivity index (χ0v) is 12.0. The Kier molecular flexibility index (Phi) is 6.93. The SMILES string of the molecule is CCC(CC)(NCCCCC(C)(C)C#N)C(=O)O. The van der Waals surface area contributed by atoms with Gasteiger partial charge in [-0.15, -0.1) is 0 Å². The van der Waals surface area contributed by atoms with Gasteiger partial charge < -0.3 is 10.4 Å². The first-order chi connectivity index (χ1) is 8.33. The molecular weight excluding hydrogens is 228 g/mol. The second-order valence-electron chi connectivity index (χ2n) is 5.47. The van der Waals surface area contributed by atoms with Gasteiger partial charge in [0, 0.05) is 0 Å². The van der Waals surface area contributed by atoms with E-state index in [9.17, 15) is 9.90 Å². The van der Waals surface area contributed by atoms with E-state index in [1.807, 2.05) is 27.7 Å². The van der Waals surface area contributed by atoms with E-state index < -0.39 is 11.5 Å². The number of unbranched alkanes of at least 4 members (excludes halogenated alkanes) is 1. The Bertz CT molecular complexity index is 301. The lowest BCUT2D eigenvalue weighted by atomic mass is 9.89. The fourth-order valence-electron chi connectivity index (χ4n) is 1.95. The number of hydrogen-bond acceptors (Lipinski definition) is 3. The van der Waals surface area contributed by atoms with Crippen LogP contribution in [0.25, 0.3) is 0 Å². The van der Waals surface area contributed by atoms with Crippen molar-refractivity contribution in [1.82, 2.24) is 5.32 Å². The summed E-state index contributed by atoms with van der Waals surface area (Å²) in [6, 6.07) is 2.27. The highest BCUT2D eigenvalue weighted by Crippen LogP contribution is 2.22. The summed E-state index contributed by atoms with van der Waals surface area (Å²) in [6.45, 7) is 8.34. The highest BCUT2D eigenvalue weighted by molar-refractivity contribution is 5.78. The van der Waals surface area contributed by atoms with Gasteiger partial charge in [-0.25, -0.2) is 0 Å². The van der Waals surface area contributed by atoms with Gasteiger partial charge in [-0.1, -0.05) is 20.3 Å². The van der Waals surface area contributed by atoms with Crippen molar-refractivity contribution >= 4 is 5.97 Å². The summed E-state index contributed by atoms with van der Waals surface area (Å²) >= 11 is 0. The van der Waals surface area contributed by atoms with Gasteiger partial charge in [-0.2, -0.15) is 5.26 Å². The molecule has 0 unspecified atom stereocenters. The smallest absolute Gasteiger partial charge is 0.323 e. The maximum Gasteiger partial charge on any atom is 0.323 e. The van der Waals surface area contributed by atoms with Gasteiger partial charge >= 0.3 is 5.97 Å². The molecular formula is C14H26N2O2. The molecule has 0 amide bonds. The lowest BCUT2D eigenvalue weighted by Crippen LogP contribution is -2.51. The van der Waals surface area contributed by atoms with E-state index in [1.165, 1.54) is 0 Å². The minimum absolute atomic E-state index is 0.278. The van der Waals surface area contributed by atoms with Gasteiger partial charge in [0.2, 0.25) is 0 Å². The van der Waals surface area contributed by atoms with Crippen molar-refractivity contribution in [2.75, 3.05) is 6.54 Å².